The van der Waals surface area contributed by atoms with Crippen molar-refractivity contribution in [2.45, 2.75) is 27.7 Å². The molecule has 40 heavy (non-hydrogen) atoms. The summed E-state index contributed by atoms with van der Waals surface area (Å²) < 4.78 is 0. The zero-order valence-electron chi connectivity index (χ0n) is 23.9. The van der Waals surface area contributed by atoms with Gasteiger partial charge in [-0.25, -0.2) is 0 Å². The molecular formula is C40H36. The summed E-state index contributed by atoms with van der Waals surface area (Å²) in [5, 5.41) is 0. The minimum absolute atomic E-state index is 1.28. The fraction of sp³-hybridized carbons (Fsp3) is 0.100. The van der Waals surface area contributed by atoms with Crippen LogP contribution < -0.4 is 0 Å². The van der Waals surface area contributed by atoms with E-state index in [9.17, 15) is 0 Å². The summed E-state index contributed by atoms with van der Waals surface area (Å²) in [5.41, 5.74) is 15.7. The maximum atomic E-state index is 2.25. The van der Waals surface area contributed by atoms with E-state index in [0.717, 1.165) is 0 Å². The molecule has 0 N–H and O–H groups in total. The minimum atomic E-state index is 1.28. The van der Waals surface area contributed by atoms with Crippen LogP contribution in [0.2, 0.25) is 0 Å². The monoisotopic (exact) mass is 516 g/mol. The molecule has 0 bridgehead atoms. The lowest BCUT2D eigenvalue weighted by Gasteiger charge is -2.14. The lowest BCUT2D eigenvalue weighted by molar-refractivity contribution is 1.43. The molecule has 6 rings (SSSR count). The average Bonchev–Trinajstić information content (AvgIpc) is 2.98. The molecule has 0 amide bonds. The largest absolute Gasteiger partial charge is 0.0620 e. The third kappa shape index (κ3) is 5.98. The van der Waals surface area contributed by atoms with Gasteiger partial charge in [-0.15, -0.1) is 0 Å². The Hall–Kier alpha value is -4.68. The summed E-state index contributed by atoms with van der Waals surface area (Å²) in [6, 6.07) is 51.7. The van der Waals surface area contributed by atoms with Crippen molar-refractivity contribution in [2.24, 2.45) is 0 Å². The van der Waals surface area contributed by atoms with Gasteiger partial charge in [0.05, 0.1) is 0 Å². The Labute approximate surface area is 239 Å². The van der Waals surface area contributed by atoms with Gasteiger partial charge in [-0.2, -0.15) is 0 Å². The topological polar surface area (TPSA) is 0 Å². The number of aryl methyl sites for hydroxylation is 4. The predicted molar refractivity (Wildman–Crippen MR) is 174 cm³/mol. The van der Waals surface area contributed by atoms with Crippen LogP contribution >= 0.6 is 0 Å². The van der Waals surface area contributed by atoms with Crippen molar-refractivity contribution in [3.05, 3.63) is 168 Å². The smallest absolute Gasteiger partial charge is 0.0103 e. The van der Waals surface area contributed by atoms with Gasteiger partial charge in [0.2, 0.25) is 0 Å². The van der Waals surface area contributed by atoms with Crippen molar-refractivity contribution in [3.63, 3.8) is 0 Å². The first kappa shape index (κ1) is 26.9. The third-order valence-electron chi connectivity index (χ3n) is 7.49. The van der Waals surface area contributed by atoms with Crippen molar-refractivity contribution < 1.29 is 0 Å². The normalized spacial score (nSPS) is 10.5. The van der Waals surface area contributed by atoms with Gasteiger partial charge in [0, 0.05) is 0 Å². The Morgan fingerprint density at radius 2 is 0.600 bits per heavy atom. The number of hydrogen-bond donors (Lipinski definition) is 0. The van der Waals surface area contributed by atoms with Crippen molar-refractivity contribution >= 4 is 0 Å². The maximum Gasteiger partial charge on any atom is -0.0103 e. The molecule has 0 spiro atoms. The highest BCUT2D eigenvalue weighted by atomic mass is 14.1. The fourth-order valence-electron chi connectivity index (χ4n) is 5.36. The average molecular weight is 517 g/mol. The van der Waals surface area contributed by atoms with Crippen molar-refractivity contribution in [1.29, 1.82) is 0 Å². The van der Waals surface area contributed by atoms with Crippen LogP contribution in [0.1, 0.15) is 22.3 Å². The van der Waals surface area contributed by atoms with Crippen LogP contribution in [0.3, 0.4) is 0 Å². The van der Waals surface area contributed by atoms with E-state index in [1.165, 1.54) is 66.8 Å². The van der Waals surface area contributed by atoms with Gasteiger partial charge >= 0.3 is 0 Å². The zero-order valence-corrected chi connectivity index (χ0v) is 23.9. The summed E-state index contributed by atoms with van der Waals surface area (Å²) in [7, 11) is 0. The highest BCUT2D eigenvalue weighted by Gasteiger charge is 2.10. The standard InChI is InChI=1S/2C20H18/c1-15-9-3-5-11-17(15)19-13-7-8-14-20(19)18-12-6-4-10-16(18)2;1-15-8-7-10-17(14-15)19-12-5-6-13-20(19)18-11-4-3-9-16(18)2/h2*3-14H,1-2H3. The summed E-state index contributed by atoms with van der Waals surface area (Å²) in [5.74, 6) is 0. The van der Waals surface area contributed by atoms with Crippen molar-refractivity contribution in [1.82, 2.24) is 0 Å². The quantitative estimate of drug-likeness (QED) is 0.218. The summed E-state index contributed by atoms with van der Waals surface area (Å²) in [6.07, 6.45) is 0. The van der Waals surface area contributed by atoms with Crippen molar-refractivity contribution in [3.8, 4) is 44.5 Å². The molecule has 0 unspecified atom stereocenters. The van der Waals surface area contributed by atoms with Crippen LogP contribution in [0, 0.1) is 27.7 Å². The highest BCUT2D eigenvalue weighted by Crippen LogP contribution is 2.35. The molecule has 0 saturated heterocycles. The Morgan fingerprint density at radius 1 is 0.275 bits per heavy atom. The maximum absolute atomic E-state index is 2.25. The Balaban J connectivity index is 0.000000161. The Morgan fingerprint density at radius 3 is 0.975 bits per heavy atom. The second-order valence-corrected chi connectivity index (χ2v) is 10.4. The number of hydrogen-bond acceptors (Lipinski definition) is 0. The SMILES string of the molecule is Cc1cccc(-c2ccccc2-c2ccccc2C)c1.Cc1ccccc1-c1ccccc1-c1ccccc1C. The Bertz CT molecular complexity index is 1670. The molecule has 0 aliphatic carbocycles. The van der Waals surface area contributed by atoms with Gasteiger partial charge in [0.1, 0.15) is 0 Å². The molecule has 0 atom stereocenters. The van der Waals surface area contributed by atoms with E-state index in [-0.39, 0.29) is 0 Å². The molecule has 6 aromatic rings. The molecule has 0 aliphatic rings. The molecule has 0 aliphatic heterocycles. The molecule has 0 heterocycles. The summed E-state index contributed by atoms with van der Waals surface area (Å²) >= 11 is 0. The molecule has 6 aromatic carbocycles. The highest BCUT2D eigenvalue weighted by molar-refractivity contribution is 5.86. The molecule has 0 radical (unpaired) electrons. The van der Waals surface area contributed by atoms with Crippen molar-refractivity contribution in [2.75, 3.05) is 0 Å². The van der Waals surface area contributed by atoms with E-state index >= 15 is 0 Å². The lowest BCUT2D eigenvalue weighted by atomic mass is 9.90. The lowest BCUT2D eigenvalue weighted by Crippen LogP contribution is -1.89. The van der Waals surface area contributed by atoms with Crippen LogP contribution in [-0.2, 0) is 0 Å². The third-order valence-corrected chi connectivity index (χ3v) is 7.49. The van der Waals surface area contributed by atoms with Crippen LogP contribution in [0.15, 0.2) is 146 Å². The van der Waals surface area contributed by atoms with E-state index in [1.54, 1.807) is 0 Å². The molecule has 0 fully saturated rings. The van der Waals surface area contributed by atoms with E-state index in [2.05, 4.69) is 173 Å². The second-order valence-electron chi connectivity index (χ2n) is 10.4. The van der Waals surface area contributed by atoms with Gasteiger partial charge in [-0.05, 0) is 88.9 Å². The number of benzene rings is 6. The van der Waals surface area contributed by atoms with Crippen LogP contribution in [0.4, 0.5) is 0 Å². The predicted octanol–water partition coefficient (Wildman–Crippen LogP) is 11.3. The van der Waals surface area contributed by atoms with Crippen LogP contribution in [0.25, 0.3) is 44.5 Å². The van der Waals surface area contributed by atoms with E-state index in [0.29, 0.717) is 0 Å². The van der Waals surface area contributed by atoms with Crippen LogP contribution in [0.5, 0.6) is 0 Å². The van der Waals surface area contributed by atoms with Gasteiger partial charge in [0.25, 0.3) is 0 Å². The first-order valence-electron chi connectivity index (χ1n) is 14.0. The fourth-order valence-corrected chi connectivity index (χ4v) is 5.36. The molecule has 196 valence electrons. The molecular weight excluding hydrogens is 480 g/mol. The first-order chi connectivity index (χ1) is 19.5. The second kappa shape index (κ2) is 12.5. The molecule has 0 saturated carbocycles. The number of rotatable bonds is 4. The van der Waals surface area contributed by atoms with E-state index in [4.69, 9.17) is 0 Å². The first-order valence-corrected chi connectivity index (χ1v) is 14.0. The van der Waals surface area contributed by atoms with Gasteiger partial charge in [0.15, 0.2) is 0 Å². The minimum Gasteiger partial charge on any atom is -0.0620 e. The molecule has 0 nitrogen and oxygen atoms in total. The molecule has 0 aromatic heterocycles. The Kier molecular flexibility index (Phi) is 8.38. The molecule has 0 heteroatoms. The van der Waals surface area contributed by atoms with Gasteiger partial charge in [-0.3, -0.25) is 0 Å². The zero-order chi connectivity index (χ0) is 27.9. The summed E-state index contributed by atoms with van der Waals surface area (Å²) in [4.78, 5) is 0. The van der Waals surface area contributed by atoms with E-state index in [1.807, 2.05) is 0 Å². The van der Waals surface area contributed by atoms with Gasteiger partial charge in [-0.1, -0.05) is 151 Å². The van der Waals surface area contributed by atoms with E-state index < -0.39 is 0 Å². The van der Waals surface area contributed by atoms with Gasteiger partial charge < -0.3 is 0 Å². The summed E-state index contributed by atoms with van der Waals surface area (Å²) in [6.45, 7) is 8.65. The van der Waals surface area contributed by atoms with Crippen LogP contribution in [-0.4, -0.2) is 0 Å².